The van der Waals surface area contributed by atoms with Gasteiger partial charge in [0.15, 0.2) is 0 Å². The van der Waals surface area contributed by atoms with Gasteiger partial charge in [0.25, 0.3) is 0 Å². The molecule has 1 fully saturated rings. The van der Waals surface area contributed by atoms with Crippen molar-refractivity contribution < 1.29 is 29.0 Å². The van der Waals surface area contributed by atoms with Crippen LogP contribution in [0.3, 0.4) is 0 Å². The number of nitrogens with one attached hydrogen (secondary N) is 2. The van der Waals surface area contributed by atoms with Crippen LogP contribution in [-0.4, -0.2) is 54.5 Å². The summed E-state index contributed by atoms with van der Waals surface area (Å²) in [5.41, 5.74) is 3.22. The molecule has 3 N–H and O–H groups in total. The number of aliphatic carboxylic acids is 1. The quantitative estimate of drug-likeness (QED) is 0.577. The highest BCUT2D eigenvalue weighted by Crippen LogP contribution is 2.44. The van der Waals surface area contributed by atoms with Crippen LogP contribution in [0.1, 0.15) is 43.7 Å². The molecular weight excluding hydrogens is 436 g/mol. The third-order valence-corrected chi connectivity index (χ3v) is 6.56. The van der Waals surface area contributed by atoms with Crippen LogP contribution in [0.4, 0.5) is 4.79 Å². The Kier molecular flexibility index (Phi) is 6.88. The second-order valence-corrected chi connectivity index (χ2v) is 9.38. The number of carbonyl (C=O) groups excluding carboxylic acids is 2. The average Bonchev–Trinajstić information content (AvgIpc) is 3.12. The standard InChI is InChI=1S/C26H30N2O6/c1-26(2,24(30)31)28-23(29)13-16-14-33-12-11-22(16)27-25(32)34-15-21-19-9-5-3-7-17(19)18-8-4-6-10-20(18)21/h3-10,16,21-22H,11-15H2,1-2H3,(H,27,32)(H,28,29)(H,30,31). The number of benzene rings is 2. The van der Waals surface area contributed by atoms with Crippen molar-refractivity contribution in [3.8, 4) is 11.1 Å². The molecular formula is C26H30N2O6. The number of hydrogen-bond acceptors (Lipinski definition) is 5. The van der Waals surface area contributed by atoms with Crippen LogP contribution in [0.5, 0.6) is 0 Å². The van der Waals surface area contributed by atoms with Crippen LogP contribution in [-0.2, 0) is 19.1 Å². The van der Waals surface area contributed by atoms with E-state index in [1.807, 2.05) is 24.3 Å². The van der Waals surface area contributed by atoms with Gasteiger partial charge >= 0.3 is 12.1 Å². The Bertz CT molecular complexity index is 1040. The number of rotatable bonds is 7. The Morgan fingerprint density at radius 3 is 2.29 bits per heavy atom. The first-order valence-corrected chi connectivity index (χ1v) is 11.5. The van der Waals surface area contributed by atoms with Gasteiger partial charge in [0.05, 0.1) is 6.61 Å². The Morgan fingerprint density at radius 2 is 1.68 bits per heavy atom. The largest absolute Gasteiger partial charge is 0.480 e. The first kappa shape index (κ1) is 23.8. The van der Waals surface area contributed by atoms with Crippen LogP contribution in [0.2, 0.25) is 0 Å². The fourth-order valence-corrected chi connectivity index (χ4v) is 4.67. The number of alkyl carbamates (subject to hydrolysis) is 1. The fourth-order valence-electron chi connectivity index (χ4n) is 4.67. The van der Waals surface area contributed by atoms with E-state index < -0.39 is 23.5 Å². The molecule has 1 heterocycles. The summed E-state index contributed by atoms with van der Waals surface area (Å²) >= 11 is 0. The Balaban J connectivity index is 1.36. The Labute approximate surface area is 198 Å². The van der Waals surface area contributed by atoms with E-state index >= 15 is 0 Å². The van der Waals surface area contributed by atoms with Crippen LogP contribution >= 0.6 is 0 Å². The maximum atomic E-state index is 12.7. The lowest BCUT2D eigenvalue weighted by Gasteiger charge is -2.32. The number of carboxylic acids is 1. The minimum Gasteiger partial charge on any atom is -0.480 e. The molecule has 2 unspecified atom stereocenters. The van der Waals surface area contributed by atoms with Crippen molar-refractivity contribution in [2.24, 2.45) is 5.92 Å². The average molecular weight is 467 g/mol. The molecule has 4 rings (SSSR count). The van der Waals surface area contributed by atoms with Crippen LogP contribution in [0, 0.1) is 5.92 Å². The van der Waals surface area contributed by atoms with Gasteiger partial charge in [-0.25, -0.2) is 9.59 Å². The van der Waals surface area contributed by atoms with Crippen molar-refractivity contribution in [1.82, 2.24) is 10.6 Å². The van der Waals surface area contributed by atoms with E-state index in [0.29, 0.717) is 19.6 Å². The molecule has 0 aromatic heterocycles. The molecule has 2 aromatic carbocycles. The van der Waals surface area contributed by atoms with Crippen molar-refractivity contribution >= 4 is 18.0 Å². The zero-order chi connectivity index (χ0) is 24.3. The molecule has 2 aromatic rings. The van der Waals surface area contributed by atoms with E-state index in [4.69, 9.17) is 9.47 Å². The molecule has 1 saturated heterocycles. The van der Waals surface area contributed by atoms with Crippen LogP contribution in [0.25, 0.3) is 11.1 Å². The third-order valence-electron chi connectivity index (χ3n) is 6.56. The molecule has 2 amide bonds. The molecule has 1 aliphatic heterocycles. The topological polar surface area (TPSA) is 114 Å². The van der Waals surface area contributed by atoms with Gasteiger partial charge in [-0.05, 0) is 42.5 Å². The molecule has 8 heteroatoms. The molecule has 0 bridgehead atoms. The zero-order valence-electron chi connectivity index (χ0n) is 19.4. The summed E-state index contributed by atoms with van der Waals surface area (Å²) in [5.74, 6) is -1.83. The van der Waals surface area contributed by atoms with E-state index in [2.05, 4.69) is 34.9 Å². The lowest BCUT2D eigenvalue weighted by Crippen LogP contribution is -2.52. The number of hydrogen-bond donors (Lipinski definition) is 3. The fraction of sp³-hybridized carbons (Fsp3) is 0.423. The van der Waals surface area contributed by atoms with Crippen molar-refractivity contribution in [3.05, 3.63) is 59.7 Å². The highest BCUT2D eigenvalue weighted by molar-refractivity contribution is 5.86. The predicted octanol–water partition coefficient (Wildman–Crippen LogP) is 3.30. The number of carbonyl (C=O) groups is 3. The second kappa shape index (κ2) is 9.85. The summed E-state index contributed by atoms with van der Waals surface area (Å²) in [7, 11) is 0. The lowest BCUT2D eigenvalue weighted by atomic mass is 9.92. The van der Waals surface area contributed by atoms with Gasteiger partial charge in [0.1, 0.15) is 12.1 Å². The van der Waals surface area contributed by atoms with Crippen molar-refractivity contribution in [2.45, 2.75) is 44.2 Å². The highest BCUT2D eigenvalue weighted by Gasteiger charge is 2.34. The first-order chi connectivity index (χ1) is 16.3. The minimum atomic E-state index is -1.37. The highest BCUT2D eigenvalue weighted by atomic mass is 16.5. The Morgan fingerprint density at radius 1 is 1.06 bits per heavy atom. The maximum Gasteiger partial charge on any atom is 0.407 e. The van der Waals surface area contributed by atoms with Crippen molar-refractivity contribution in [1.29, 1.82) is 0 Å². The van der Waals surface area contributed by atoms with Gasteiger partial charge in [0.2, 0.25) is 5.91 Å². The molecule has 0 radical (unpaired) electrons. The number of carboxylic acid groups (broad SMARTS) is 1. The SMILES string of the molecule is CC(C)(NC(=O)CC1COCCC1NC(=O)OCC1c2ccccc2-c2ccccc21)C(=O)O. The molecule has 34 heavy (non-hydrogen) atoms. The smallest absolute Gasteiger partial charge is 0.407 e. The summed E-state index contributed by atoms with van der Waals surface area (Å²) in [6.45, 7) is 3.83. The van der Waals surface area contributed by atoms with Gasteiger partial charge < -0.3 is 25.2 Å². The Hall–Kier alpha value is -3.39. The van der Waals surface area contributed by atoms with E-state index in [0.717, 1.165) is 22.3 Å². The summed E-state index contributed by atoms with van der Waals surface area (Å²) in [6, 6.07) is 16.0. The van der Waals surface area contributed by atoms with E-state index in [-0.39, 0.29) is 30.9 Å². The van der Waals surface area contributed by atoms with Crippen LogP contribution in [0.15, 0.2) is 48.5 Å². The molecule has 0 saturated carbocycles. The van der Waals surface area contributed by atoms with E-state index in [1.54, 1.807) is 0 Å². The molecule has 2 aliphatic rings. The summed E-state index contributed by atoms with van der Waals surface area (Å²) < 4.78 is 11.1. The first-order valence-electron chi connectivity index (χ1n) is 11.5. The monoisotopic (exact) mass is 466 g/mol. The van der Waals surface area contributed by atoms with Gasteiger partial charge in [-0.3, -0.25) is 4.79 Å². The third kappa shape index (κ3) is 5.07. The summed E-state index contributed by atoms with van der Waals surface area (Å²) in [5, 5.41) is 14.6. The van der Waals surface area contributed by atoms with Gasteiger partial charge in [-0.2, -0.15) is 0 Å². The summed E-state index contributed by atoms with van der Waals surface area (Å²) in [6.07, 6.45) is 0.0558. The van der Waals surface area contributed by atoms with Crippen molar-refractivity contribution in [3.63, 3.8) is 0 Å². The summed E-state index contributed by atoms with van der Waals surface area (Å²) in [4.78, 5) is 36.4. The molecule has 8 nitrogen and oxygen atoms in total. The maximum absolute atomic E-state index is 12.7. The van der Waals surface area contributed by atoms with Gasteiger partial charge in [-0.1, -0.05) is 48.5 Å². The molecule has 2 atom stereocenters. The van der Waals surface area contributed by atoms with Crippen molar-refractivity contribution in [2.75, 3.05) is 19.8 Å². The minimum absolute atomic E-state index is 0.0346. The normalized spacial score (nSPS) is 19.6. The van der Waals surface area contributed by atoms with E-state index in [1.165, 1.54) is 13.8 Å². The van der Waals surface area contributed by atoms with E-state index in [9.17, 15) is 19.5 Å². The number of amides is 2. The number of ether oxygens (including phenoxy) is 2. The predicted molar refractivity (Wildman–Crippen MR) is 125 cm³/mol. The zero-order valence-corrected chi connectivity index (χ0v) is 19.4. The second-order valence-electron chi connectivity index (χ2n) is 9.38. The molecule has 0 spiro atoms. The molecule has 180 valence electrons. The van der Waals surface area contributed by atoms with Gasteiger partial charge in [0, 0.05) is 30.9 Å². The lowest BCUT2D eigenvalue weighted by molar-refractivity contribution is -0.146. The molecule has 1 aliphatic carbocycles. The number of fused-ring (bicyclic) bond motifs is 3. The van der Waals surface area contributed by atoms with Gasteiger partial charge in [-0.15, -0.1) is 0 Å². The van der Waals surface area contributed by atoms with Crippen LogP contribution < -0.4 is 10.6 Å².